The number of fused-ring (bicyclic) bond motifs is 3. The lowest BCUT2D eigenvalue weighted by molar-refractivity contribution is -0.121. The van der Waals surface area contributed by atoms with E-state index in [0.717, 1.165) is 22.2 Å². The van der Waals surface area contributed by atoms with Crippen LogP contribution in [0.15, 0.2) is 50.1 Å². The molecule has 2 unspecified atom stereocenters. The number of esters is 1. The van der Waals surface area contributed by atoms with Crippen LogP contribution in [0.1, 0.15) is 40.2 Å². The molecule has 0 spiro atoms. The summed E-state index contributed by atoms with van der Waals surface area (Å²) in [5.74, 6) is -0.704. The molecule has 0 amide bonds. The lowest BCUT2D eigenvalue weighted by Crippen LogP contribution is -2.48. The van der Waals surface area contributed by atoms with Gasteiger partial charge in [0, 0.05) is 29.0 Å². The maximum absolute atomic E-state index is 13.0. The average molecular weight is 524 g/mol. The standard InChI is InChI=1S/C25H22ClN5O4S/c1-3-34-24(33)23-22-13(8-28-23)19(20-15(29-22)9-27-10-16(20)32)17-4-5-18(35-17)36-25-30-14-7-12(26)6-11(2)21(14)31-25/h4-8,19-20,27-28H,3,9-10H2,1-2H3,(H,30,31). The van der Waals surface area contributed by atoms with Crippen LogP contribution >= 0.6 is 23.4 Å². The summed E-state index contributed by atoms with van der Waals surface area (Å²) in [5, 5.41) is 5.04. The fourth-order valence-electron chi connectivity index (χ4n) is 4.92. The molecule has 6 rings (SSSR count). The van der Waals surface area contributed by atoms with E-state index in [0.29, 0.717) is 39.0 Å². The monoisotopic (exact) mass is 523 g/mol. The Morgan fingerprint density at radius 2 is 2.14 bits per heavy atom. The number of aliphatic imine (C=N–C) groups is 1. The molecule has 1 aromatic carbocycles. The van der Waals surface area contributed by atoms with Crippen molar-refractivity contribution in [2.75, 3.05) is 19.7 Å². The number of ether oxygens (including phenoxy) is 1. The molecule has 5 heterocycles. The fraction of sp³-hybridized carbons (Fsp3) is 0.280. The van der Waals surface area contributed by atoms with Crippen molar-refractivity contribution in [1.82, 2.24) is 20.3 Å². The zero-order valence-electron chi connectivity index (χ0n) is 19.5. The molecule has 11 heteroatoms. The molecule has 184 valence electrons. The zero-order chi connectivity index (χ0) is 25.0. The van der Waals surface area contributed by atoms with Gasteiger partial charge >= 0.3 is 5.97 Å². The van der Waals surface area contributed by atoms with Gasteiger partial charge < -0.3 is 24.4 Å². The Kier molecular flexibility index (Phi) is 5.74. The highest BCUT2D eigenvalue weighted by Gasteiger charge is 2.44. The van der Waals surface area contributed by atoms with Crippen molar-refractivity contribution < 1.29 is 18.7 Å². The van der Waals surface area contributed by atoms with Crippen molar-refractivity contribution in [2.24, 2.45) is 10.9 Å². The topological polar surface area (TPSA) is 125 Å². The average Bonchev–Trinajstić information content (AvgIpc) is 3.56. The van der Waals surface area contributed by atoms with E-state index in [1.54, 1.807) is 13.1 Å². The number of aromatic amines is 2. The van der Waals surface area contributed by atoms with Crippen LogP contribution in [-0.4, -0.2) is 52.1 Å². The second-order valence-electron chi connectivity index (χ2n) is 8.74. The highest BCUT2D eigenvalue weighted by atomic mass is 35.5. The quantitative estimate of drug-likeness (QED) is 0.321. The Hall–Kier alpha value is -3.34. The molecule has 2 aliphatic rings. The number of H-pyrrole nitrogens is 2. The van der Waals surface area contributed by atoms with E-state index < -0.39 is 17.8 Å². The van der Waals surface area contributed by atoms with E-state index in [9.17, 15) is 9.59 Å². The number of hydrogen-bond donors (Lipinski definition) is 3. The van der Waals surface area contributed by atoms with Crippen LogP contribution in [-0.2, 0) is 9.53 Å². The lowest BCUT2D eigenvalue weighted by atomic mass is 9.75. The first kappa shape index (κ1) is 23.1. The number of hydrogen-bond acceptors (Lipinski definition) is 8. The van der Waals surface area contributed by atoms with Crippen molar-refractivity contribution in [3.63, 3.8) is 0 Å². The SMILES string of the molecule is CCOC(=O)c1[nH]cc2c1N=C1CNCC(=O)C1C2c1ccc(Sc2nc3c(C)cc(Cl)cc3[nH]2)o1. The van der Waals surface area contributed by atoms with Crippen LogP contribution in [0.3, 0.4) is 0 Å². The molecule has 3 N–H and O–H groups in total. The summed E-state index contributed by atoms with van der Waals surface area (Å²) in [6.07, 6.45) is 1.73. The van der Waals surface area contributed by atoms with Gasteiger partial charge in [-0.2, -0.15) is 0 Å². The van der Waals surface area contributed by atoms with Crippen LogP contribution in [0.25, 0.3) is 11.0 Å². The Balaban J connectivity index is 1.37. The van der Waals surface area contributed by atoms with Gasteiger partial charge in [-0.3, -0.25) is 9.79 Å². The molecule has 2 aliphatic heterocycles. The van der Waals surface area contributed by atoms with Gasteiger partial charge in [0.25, 0.3) is 0 Å². The normalized spacial score (nSPS) is 19.2. The van der Waals surface area contributed by atoms with E-state index in [1.165, 1.54) is 11.8 Å². The summed E-state index contributed by atoms with van der Waals surface area (Å²) in [4.78, 5) is 41.2. The number of rotatable bonds is 5. The predicted molar refractivity (Wildman–Crippen MR) is 136 cm³/mol. The molecule has 36 heavy (non-hydrogen) atoms. The maximum Gasteiger partial charge on any atom is 0.357 e. The highest BCUT2D eigenvalue weighted by molar-refractivity contribution is 7.99. The van der Waals surface area contributed by atoms with Crippen LogP contribution in [0, 0.1) is 12.8 Å². The molecular formula is C25H22ClN5O4S. The number of benzene rings is 1. The number of aromatic nitrogens is 3. The number of ketones is 1. The van der Waals surface area contributed by atoms with Crippen molar-refractivity contribution in [3.8, 4) is 0 Å². The summed E-state index contributed by atoms with van der Waals surface area (Å²) in [6, 6.07) is 7.45. The zero-order valence-corrected chi connectivity index (χ0v) is 21.0. The number of furan rings is 1. The molecule has 0 aliphatic carbocycles. The number of halogens is 1. The fourth-order valence-corrected chi connectivity index (χ4v) is 5.95. The molecule has 0 bridgehead atoms. The van der Waals surface area contributed by atoms with E-state index in [1.807, 2.05) is 31.2 Å². The third-order valence-corrected chi connectivity index (χ3v) is 7.45. The number of imidazole rings is 1. The summed E-state index contributed by atoms with van der Waals surface area (Å²) >= 11 is 7.54. The first-order valence-electron chi connectivity index (χ1n) is 11.6. The number of piperidine rings is 1. The molecule has 9 nitrogen and oxygen atoms in total. The minimum absolute atomic E-state index is 0.0322. The maximum atomic E-state index is 13.0. The Morgan fingerprint density at radius 3 is 2.97 bits per heavy atom. The van der Waals surface area contributed by atoms with Gasteiger partial charge in [-0.15, -0.1) is 0 Å². The third kappa shape index (κ3) is 3.85. The van der Waals surface area contributed by atoms with Crippen molar-refractivity contribution >= 4 is 57.5 Å². The van der Waals surface area contributed by atoms with E-state index in [2.05, 4.69) is 20.3 Å². The van der Waals surface area contributed by atoms with Gasteiger partial charge in [-0.1, -0.05) is 11.6 Å². The van der Waals surface area contributed by atoms with E-state index in [-0.39, 0.29) is 24.6 Å². The number of nitrogens with one attached hydrogen (secondary N) is 3. The summed E-state index contributed by atoms with van der Waals surface area (Å²) in [5.41, 5.74) is 4.88. The summed E-state index contributed by atoms with van der Waals surface area (Å²) in [7, 11) is 0. The van der Waals surface area contributed by atoms with Crippen LogP contribution in [0.2, 0.25) is 5.02 Å². The molecular weight excluding hydrogens is 502 g/mol. The number of carbonyl (C=O) groups is 2. The number of Topliss-reactive ketones (excluding diaryl/α,β-unsaturated/α-hetero) is 1. The minimum atomic E-state index is -0.480. The van der Waals surface area contributed by atoms with Crippen molar-refractivity contribution in [1.29, 1.82) is 0 Å². The lowest BCUT2D eigenvalue weighted by Gasteiger charge is -2.33. The summed E-state index contributed by atoms with van der Waals surface area (Å²) < 4.78 is 11.5. The molecule has 1 fully saturated rings. The molecule has 1 saturated heterocycles. The highest BCUT2D eigenvalue weighted by Crippen LogP contribution is 2.46. The van der Waals surface area contributed by atoms with Crippen LogP contribution in [0.4, 0.5) is 5.69 Å². The Bertz CT molecular complexity index is 1550. The summed E-state index contributed by atoms with van der Waals surface area (Å²) in [6.45, 7) is 4.69. The number of nitrogens with zero attached hydrogens (tertiary/aromatic N) is 2. The van der Waals surface area contributed by atoms with Gasteiger partial charge in [-0.05, 0) is 55.4 Å². The van der Waals surface area contributed by atoms with Crippen LogP contribution < -0.4 is 5.32 Å². The van der Waals surface area contributed by atoms with Gasteiger partial charge in [-0.25, -0.2) is 9.78 Å². The van der Waals surface area contributed by atoms with E-state index in [4.69, 9.17) is 25.7 Å². The molecule has 0 saturated carbocycles. The van der Waals surface area contributed by atoms with Crippen molar-refractivity contribution in [3.05, 3.63) is 58.1 Å². The Labute approximate surface area is 215 Å². The Morgan fingerprint density at radius 1 is 1.28 bits per heavy atom. The predicted octanol–water partition coefficient (Wildman–Crippen LogP) is 4.78. The second-order valence-corrected chi connectivity index (χ2v) is 10.2. The number of aryl methyl sites for hydroxylation is 1. The van der Waals surface area contributed by atoms with E-state index >= 15 is 0 Å². The van der Waals surface area contributed by atoms with Crippen LogP contribution in [0.5, 0.6) is 0 Å². The second kappa shape index (κ2) is 8.95. The third-order valence-electron chi connectivity index (χ3n) is 6.42. The van der Waals surface area contributed by atoms with Gasteiger partial charge in [0.2, 0.25) is 0 Å². The van der Waals surface area contributed by atoms with Crippen molar-refractivity contribution in [2.45, 2.75) is 30.0 Å². The minimum Gasteiger partial charge on any atom is -0.461 e. The number of carbonyl (C=O) groups excluding carboxylic acids is 2. The first-order chi connectivity index (χ1) is 17.4. The molecule has 2 atom stereocenters. The molecule has 0 radical (unpaired) electrons. The van der Waals surface area contributed by atoms with Gasteiger partial charge in [0.1, 0.15) is 5.76 Å². The largest absolute Gasteiger partial charge is 0.461 e. The van der Waals surface area contributed by atoms with Gasteiger partial charge in [0.05, 0.1) is 41.7 Å². The first-order valence-corrected chi connectivity index (χ1v) is 12.7. The smallest absolute Gasteiger partial charge is 0.357 e. The van der Waals surface area contributed by atoms with Gasteiger partial charge in [0.15, 0.2) is 21.7 Å². The molecule has 4 aromatic rings. The molecule has 3 aromatic heterocycles.